The van der Waals surface area contributed by atoms with Crippen LogP contribution in [0.1, 0.15) is 42.9 Å². The Balaban J connectivity index is 2.11. The highest BCUT2D eigenvalue weighted by Gasteiger charge is 2.35. The highest BCUT2D eigenvalue weighted by atomic mass is 16.4. The number of carboxylic acids is 1. The van der Waals surface area contributed by atoms with Gasteiger partial charge in [-0.15, -0.1) is 0 Å². The first-order valence-electron chi connectivity index (χ1n) is 6.57. The van der Waals surface area contributed by atoms with Crippen LogP contribution in [0.4, 0.5) is 0 Å². The van der Waals surface area contributed by atoms with E-state index in [1.54, 1.807) is 6.07 Å². The molecule has 0 aromatic carbocycles. The lowest BCUT2D eigenvalue weighted by Crippen LogP contribution is -2.40. The molecule has 0 aliphatic carbocycles. The van der Waals surface area contributed by atoms with Crippen LogP contribution >= 0.6 is 0 Å². The highest BCUT2D eigenvalue weighted by molar-refractivity contribution is 5.95. The van der Waals surface area contributed by atoms with E-state index in [9.17, 15) is 9.59 Å². The Hall–Kier alpha value is -1.85. The van der Waals surface area contributed by atoms with Crippen molar-refractivity contribution in [2.75, 3.05) is 6.54 Å². The molecule has 1 aliphatic heterocycles. The zero-order chi connectivity index (χ0) is 14.0. The summed E-state index contributed by atoms with van der Waals surface area (Å²) in [5.74, 6) is -0.762. The Kier molecular flexibility index (Phi) is 3.87. The summed E-state index contributed by atoms with van der Waals surface area (Å²) in [6, 6.07) is 1.01. The molecular formula is C13H19N3O3. The number of nitrogens with one attached hydrogen (secondary N) is 1. The molecule has 0 spiro atoms. The summed E-state index contributed by atoms with van der Waals surface area (Å²) in [6.07, 6.45) is 2.07. The summed E-state index contributed by atoms with van der Waals surface area (Å²) in [7, 11) is 0. The molecule has 1 saturated heterocycles. The minimum atomic E-state index is -0.941. The minimum Gasteiger partial charge on any atom is -0.480 e. The third-order valence-electron chi connectivity index (χ3n) is 3.28. The fourth-order valence-electron chi connectivity index (χ4n) is 2.43. The van der Waals surface area contributed by atoms with Crippen LogP contribution in [-0.4, -0.2) is 44.7 Å². The fourth-order valence-corrected chi connectivity index (χ4v) is 2.43. The predicted molar refractivity (Wildman–Crippen MR) is 68.8 cm³/mol. The van der Waals surface area contributed by atoms with Gasteiger partial charge in [-0.05, 0) is 31.2 Å². The number of aliphatic carboxylic acids is 1. The minimum absolute atomic E-state index is 0.295. The van der Waals surface area contributed by atoms with Gasteiger partial charge in [0.05, 0.1) is 0 Å². The highest BCUT2D eigenvalue weighted by Crippen LogP contribution is 2.20. The smallest absolute Gasteiger partial charge is 0.326 e. The van der Waals surface area contributed by atoms with Gasteiger partial charge in [-0.1, -0.05) is 13.8 Å². The lowest BCUT2D eigenvalue weighted by Gasteiger charge is -2.19. The summed E-state index contributed by atoms with van der Waals surface area (Å²) in [5.41, 5.74) is 1.22. The summed E-state index contributed by atoms with van der Waals surface area (Å²) in [5, 5.41) is 15.9. The van der Waals surface area contributed by atoms with E-state index in [-0.39, 0.29) is 5.91 Å². The van der Waals surface area contributed by atoms with Crippen molar-refractivity contribution < 1.29 is 14.7 Å². The van der Waals surface area contributed by atoms with Gasteiger partial charge in [0.2, 0.25) is 0 Å². The molecule has 1 aliphatic rings. The lowest BCUT2D eigenvalue weighted by molar-refractivity contribution is -0.141. The van der Waals surface area contributed by atoms with E-state index in [1.807, 2.05) is 0 Å². The average molecular weight is 265 g/mol. The van der Waals surface area contributed by atoms with Gasteiger partial charge in [-0.3, -0.25) is 9.89 Å². The Bertz CT molecular complexity index is 481. The second kappa shape index (κ2) is 5.42. The molecule has 1 aromatic heterocycles. The van der Waals surface area contributed by atoms with E-state index < -0.39 is 12.0 Å². The van der Waals surface area contributed by atoms with Crippen LogP contribution in [0, 0.1) is 5.92 Å². The van der Waals surface area contributed by atoms with Crippen LogP contribution in [-0.2, 0) is 11.2 Å². The predicted octanol–water partition coefficient (Wildman–Crippen LogP) is 1.30. The summed E-state index contributed by atoms with van der Waals surface area (Å²) in [4.78, 5) is 24.7. The zero-order valence-corrected chi connectivity index (χ0v) is 11.2. The van der Waals surface area contributed by atoms with Crippen molar-refractivity contribution in [3.8, 4) is 0 Å². The summed E-state index contributed by atoms with van der Waals surface area (Å²) < 4.78 is 0. The first-order valence-corrected chi connectivity index (χ1v) is 6.57. The molecular weight excluding hydrogens is 246 g/mol. The van der Waals surface area contributed by atoms with Gasteiger partial charge in [0.25, 0.3) is 5.91 Å². The molecule has 2 rings (SSSR count). The number of nitrogens with zero attached hydrogens (tertiary/aromatic N) is 2. The maximum atomic E-state index is 12.2. The van der Waals surface area contributed by atoms with Gasteiger partial charge in [-0.25, -0.2) is 4.79 Å². The van der Waals surface area contributed by atoms with Crippen molar-refractivity contribution in [3.63, 3.8) is 0 Å². The Morgan fingerprint density at radius 3 is 2.95 bits per heavy atom. The second-order valence-electron chi connectivity index (χ2n) is 5.37. The molecule has 1 aromatic rings. The number of amides is 1. The molecule has 0 radical (unpaired) electrons. The third-order valence-corrected chi connectivity index (χ3v) is 3.28. The molecule has 1 amide bonds. The molecule has 19 heavy (non-hydrogen) atoms. The second-order valence-corrected chi connectivity index (χ2v) is 5.37. The Morgan fingerprint density at radius 1 is 1.58 bits per heavy atom. The van der Waals surface area contributed by atoms with Crippen molar-refractivity contribution in [2.45, 2.75) is 39.2 Å². The molecule has 0 saturated carbocycles. The maximum absolute atomic E-state index is 12.2. The number of likely N-dealkylation sites (tertiary alicyclic amines) is 1. The number of aromatic amines is 1. The van der Waals surface area contributed by atoms with Gasteiger partial charge in [0, 0.05) is 12.2 Å². The number of aromatic nitrogens is 2. The number of hydrogen-bond acceptors (Lipinski definition) is 3. The van der Waals surface area contributed by atoms with Crippen molar-refractivity contribution in [1.82, 2.24) is 15.1 Å². The number of rotatable bonds is 4. The van der Waals surface area contributed by atoms with E-state index in [1.165, 1.54) is 4.90 Å². The molecule has 1 unspecified atom stereocenters. The first-order chi connectivity index (χ1) is 8.99. The summed E-state index contributed by atoms with van der Waals surface area (Å²) >= 11 is 0. The monoisotopic (exact) mass is 265 g/mol. The van der Waals surface area contributed by atoms with E-state index in [2.05, 4.69) is 24.0 Å². The van der Waals surface area contributed by atoms with Gasteiger partial charge in [-0.2, -0.15) is 5.10 Å². The quantitative estimate of drug-likeness (QED) is 0.859. The lowest BCUT2D eigenvalue weighted by atomic mass is 10.1. The van der Waals surface area contributed by atoms with E-state index in [0.717, 1.165) is 18.5 Å². The van der Waals surface area contributed by atoms with Crippen LogP contribution in [0.15, 0.2) is 6.07 Å². The van der Waals surface area contributed by atoms with Crippen molar-refractivity contribution >= 4 is 11.9 Å². The molecule has 1 atom stereocenters. The Labute approximate surface area is 111 Å². The number of carbonyl (C=O) groups excluding carboxylic acids is 1. The van der Waals surface area contributed by atoms with E-state index in [4.69, 9.17) is 5.11 Å². The van der Waals surface area contributed by atoms with Crippen LogP contribution in [0.3, 0.4) is 0 Å². The maximum Gasteiger partial charge on any atom is 0.326 e. The van der Waals surface area contributed by atoms with Crippen molar-refractivity contribution in [1.29, 1.82) is 0 Å². The number of H-pyrrole nitrogens is 1. The largest absolute Gasteiger partial charge is 0.480 e. The fraction of sp³-hybridized carbons (Fsp3) is 0.615. The average Bonchev–Trinajstić information content (AvgIpc) is 2.94. The van der Waals surface area contributed by atoms with Crippen LogP contribution in [0.2, 0.25) is 0 Å². The summed E-state index contributed by atoms with van der Waals surface area (Å²) in [6.45, 7) is 4.66. The molecule has 2 N–H and O–H groups in total. The van der Waals surface area contributed by atoms with Gasteiger partial charge in [0.1, 0.15) is 11.7 Å². The molecule has 104 valence electrons. The van der Waals surface area contributed by atoms with E-state index in [0.29, 0.717) is 24.6 Å². The zero-order valence-electron chi connectivity index (χ0n) is 11.2. The number of carbonyl (C=O) groups is 2. The van der Waals surface area contributed by atoms with Gasteiger partial charge in [0.15, 0.2) is 0 Å². The van der Waals surface area contributed by atoms with Crippen molar-refractivity contribution in [2.24, 2.45) is 5.92 Å². The number of carboxylic acid groups (broad SMARTS) is 1. The topological polar surface area (TPSA) is 86.3 Å². The van der Waals surface area contributed by atoms with Crippen LogP contribution in [0.25, 0.3) is 0 Å². The molecule has 6 heteroatoms. The first kappa shape index (κ1) is 13.6. The standard InChI is InChI=1S/C13H19N3O3/c1-8(2)6-9-7-10(15-14-9)12(17)16-5-3-4-11(16)13(18)19/h7-8,11H,3-6H2,1-2H3,(H,14,15)(H,18,19). The van der Waals surface area contributed by atoms with Crippen LogP contribution in [0.5, 0.6) is 0 Å². The Morgan fingerprint density at radius 2 is 2.32 bits per heavy atom. The molecule has 2 heterocycles. The number of hydrogen-bond donors (Lipinski definition) is 2. The van der Waals surface area contributed by atoms with Gasteiger partial charge >= 0.3 is 5.97 Å². The molecule has 0 bridgehead atoms. The van der Waals surface area contributed by atoms with E-state index >= 15 is 0 Å². The van der Waals surface area contributed by atoms with Crippen molar-refractivity contribution in [3.05, 3.63) is 17.5 Å². The molecule has 6 nitrogen and oxygen atoms in total. The molecule has 1 fully saturated rings. The SMILES string of the molecule is CC(C)Cc1cc(C(=O)N2CCCC2C(=O)O)n[nH]1. The van der Waals surface area contributed by atoms with Gasteiger partial charge < -0.3 is 10.0 Å². The third kappa shape index (κ3) is 2.94. The normalized spacial score (nSPS) is 19.1. The van der Waals surface area contributed by atoms with Crippen LogP contribution < -0.4 is 0 Å².